The van der Waals surface area contributed by atoms with Crippen molar-refractivity contribution in [2.24, 2.45) is 0 Å². The van der Waals surface area contributed by atoms with Crippen molar-refractivity contribution in [2.75, 3.05) is 5.73 Å². The highest BCUT2D eigenvalue weighted by Gasteiger charge is 2.15. The van der Waals surface area contributed by atoms with Crippen LogP contribution in [-0.4, -0.2) is 18.0 Å². The van der Waals surface area contributed by atoms with E-state index < -0.39 is 10.1 Å². The molecule has 16 heavy (non-hydrogen) atoms. The van der Waals surface area contributed by atoms with Crippen molar-refractivity contribution in [1.82, 2.24) is 4.98 Å². The van der Waals surface area contributed by atoms with E-state index in [-0.39, 0.29) is 4.90 Å². The second-order valence-corrected chi connectivity index (χ2v) is 4.87. The number of nitrogen functional groups attached to an aromatic ring is 1. The molecule has 0 amide bonds. The lowest BCUT2D eigenvalue weighted by atomic mass is 10.2. The van der Waals surface area contributed by atoms with Crippen LogP contribution in [0.25, 0.3) is 10.9 Å². The lowest BCUT2D eigenvalue weighted by molar-refractivity contribution is 0.484. The van der Waals surface area contributed by atoms with Gasteiger partial charge in [-0.1, -0.05) is 0 Å². The number of hydrogen-bond donors (Lipinski definition) is 2. The maximum absolute atomic E-state index is 11.1. The summed E-state index contributed by atoms with van der Waals surface area (Å²) < 4.78 is 31.3. The Morgan fingerprint density at radius 2 is 1.94 bits per heavy atom. The zero-order valence-corrected chi connectivity index (χ0v) is 9.32. The Morgan fingerprint density at radius 3 is 2.56 bits per heavy atom. The fraction of sp³-hybridized carbons (Fsp3) is 0.100. The maximum Gasteiger partial charge on any atom is 0.295 e. The minimum Gasteiger partial charge on any atom is -0.397 e. The number of nitrogens with two attached hydrogens (primary N) is 1. The van der Waals surface area contributed by atoms with Gasteiger partial charge in [0, 0.05) is 11.1 Å². The number of hydrogen-bond acceptors (Lipinski definition) is 4. The number of aryl methyl sites for hydroxylation is 1. The van der Waals surface area contributed by atoms with Crippen molar-refractivity contribution in [3.8, 4) is 0 Å². The van der Waals surface area contributed by atoms with E-state index in [9.17, 15) is 8.42 Å². The minimum absolute atomic E-state index is 0.177. The predicted octanol–water partition coefficient (Wildman–Crippen LogP) is 1.37. The molecule has 0 unspecified atom stereocenters. The Labute approximate surface area is 92.7 Å². The van der Waals surface area contributed by atoms with Crippen LogP contribution in [0.5, 0.6) is 0 Å². The fourth-order valence-corrected chi connectivity index (χ4v) is 2.22. The largest absolute Gasteiger partial charge is 0.397 e. The second kappa shape index (κ2) is 3.43. The third-order valence-electron chi connectivity index (χ3n) is 2.27. The molecule has 0 aliphatic carbocycles. The summed E-state index contributed by atoms with van der Waals surface area (Å²) in [5.74, 6) is 0. The molecule has 0 aliphatic heterocycles. The molecule has 0 bridgehead atoms. The molecule has 2 rings (SSSR count). The Bertz CT molecular complexity index is 665. The van der Waals surface area contributed by atoms with Gasteiger partial charge in [0.1, 0.15) is 4.90 Å². The van der Waals surface area contributed by atoms with Crippen LogP contribution in [0.15, 0.2) is 29.2 Å². The summed E-state index contributed by atoms with van der Waals surface area (Å²) in [5.41, 5.74) is 7.19. The molecule has 0 saturated carbocycles. The van der Waals surface area contributed by atoms with Gasteiger partial charge in [0.05, 0.1) is 11.2 Å². The molecule has 1 aromatic carbocycles. The fourth-order valence-electron chi connectivity index (χ4n) is 1.53. The van der Waals surface area contributed by atoms with Crippen molar-refractivity contribution < 1.29 is 13.0 Å². The Hall–Kier alpha value is -1.66. The van der Waals surface area contributed by atoms with Crippen LogP contribution in [0.1, 0.15) is 5.69 Å². The number of benzene rings is 1. The summed E-state index contributed by atoms with van der Waals surface area (Å²) >= 11 is 0. The maximum atomic E-state index is 11.1. The molecule has 0 saturated heterocycles. The zero-order chi connectivity index (χ0) is 11.9. The number of rotatable bonds is 1. The van der Waals surface area contributed by atoms with Crippen LogP contribution in [0.3, 0.4) is 0 Å². The standard InChI is InChI=1S/C10H10N2O3S/c1-6-2-3-7-9(16(13,14)15)5-4-8(11)10(7)12-6/h2-5H,11H2,1H3,(H,13,14,15). The summed E-state index contributed by atoms with van der Waals surface area (Å²) in [6.07, 6.45) is 0. The molecule has 0 spiro atoms. The molecule has 5 nitrogen and oxygen atoms in total. The van der Waals surface area contributed by atoms with E-state index in [4.69, 9.17) is 10.3 Å². The van der Waals surface area contributed by atoms with E-state index in [0.29, 0.717) is 16.6 Å². The molecule has 6 heteroatoms. The van der Waals surface area contributed by atoms with Gasteiger partial charge < -0.3 is 5.73 Å². The first-order chi connectivity index (χ1) is 7.39. The number of anilines is 1. The van der Waals surface area contributed by atoms with Gasteiger partial charge in [-0.05, 0) is 31.2 Å². The lowest BCUT2D eigenvalue weighted by Gasteiger charge is -2.06. The summed E-state index contributed by atoms with van der Waals surface area (Å²) in [6.45, 7) is 1.78. The third-order valence-corrected chi connectivity index (χ3v) is 3.18. The highest BCUT2D eigenvalue weighted by molar-refractivity contribution is 7.86. The van der Waals surface area contributed by atoms with Gasteiger partial charge in [0.2, 0.25) is 0 Å². The van der Waals surface area contributed by atoms with Gasteiger partial charge in [-0.25, -0.2) is 0 Å². The Kier molecular flexibility index (Phi) is 2.32. The van der Waals surface area contributed by atoms with Crippen molar-refractivity contribution in [2.45, 2.75) is 11.8 Å². The van der Waals surface area contributed by atoms with Crippen molar-refractivity contribution in [3.05, 3.63) is 30.0 Å². The van der Waals surface area contributed by atoms with Crippen LogP contribution < -0.4 is 5.73 Å². The van der Waals surface area contributed by atoms with Crippen molar-refractivity contribution in [1.29, 1.82) is 0 Å². The molecular weight excluding hydrogens is 228 g/mol. The molecule has 0 aliphatic rings. The molecule has 1 aromatic heterocycles. The number of nitrogens with zero attached hydrogens (tertiary/aromatic N) is 1. The monoisotopic (exact) mass is 238 g/mol. The number of pyridine rings is 1. The highest BCUT2D eigenvalue weighted by Crippen LogP contribution is 2.26. The average molecular weight is 238 g/mol. The van der Waals surface area contributed by atoms with Crippen LogP contribution in [-0.2, 0) is 10.1 Å². The second-order valence-electron chi connectivity index (χ2n) is 3.48. The quantitative estimate of drug-likeness (QED) is 0.578. The molecular formula is C10H10N2O3S. The van der Waals surface area contributed by atoms with Gasteiger partial charge >= 0.3 is 0 Å². The first kappa shape index (κ1) is 10.8. The van der Waals surface area contributed by atoms with Gasteiger partial charge in [-0.2, -0.15) is 8.42 Å². The molecule has 0 radical (unpaired) electrons. The van der Waals surface area contributed by atoms with Crippen molar-refractivity contribution >= 4 is 26.7 Å². The summed E-state index contributed by atoms with van der Waals surface area (Å²) in [5, 5.41) is 0.327. The normalized spacial score (nSPS) is 11.9. The zero-order valence-electron chi connectivity index (χ0n) is 8.51. The van der Waals surface area contributed by atoms with E-state index in [1.165, 1.54) is 12.1 Å². The smallest absolute Gasteiger partial charge is 0.295 e. The predicted molar refractivity (Wildman–Crippen MR) is 60.7 cm³/mol. The molecule has 1 heterocycles. The summed E-state index contributed by atoms with van der Waals surface area (Å²) in [7, 11) is -4.25. The molecule has 0 atom stereocenters. The van der Waals surface area contributed by atoms with Gasteiger partial charge in [-0.15, -0.1) is 0 Å². The Morgan fingerprint density at radius 1 is 1.25 bits per heavy atom. The first-order valence-electron chi connectivity index (χ1n) is 4.53. The van der Waals surface area contributed by atoms with Crippen LogP contribution in [0, 0.1) is 6.92 Å². The molecule has 2 aromatic rings. The van der Waals surface area contributed by atoms with Gasteiger partial charge in [0.15, 0.2) is 0 Å². The third kappa shape index (κ3) is 1.72. The van der Waals surface area contributed by atoms with Gasteiger partial charge in [0.25, 0.3) is 10.1 Å². The van der Waals surface area contributed by atoms with E-state index in [1.54, 1.807) is 19.1 Å². The number of aromatic nitrogens is 1. The van der Waals surface area contributed by atoms with Crippen LogP contribution >= 0.6 is 0 Å². The minimum atomic E-state index is -4.25. The SMILES string of the molecule is Cc1ccc2c(S(=O)(=O)O)ccc(N)c2n1. The van der Waals surface area contributed by atoms with Crippen molar-refractivity contribution in [3.63, 3.8) is 0 Å². The van der Waals surface area contributed by atoms with Gasteiger partial charge in [-0.3, -0.25) is 9.54 Å². The number of fused-ring (bicyclic) bond motifs is 1. The van der Waals surface area contributed by atoms with Crippen LogP contribution in [0.4, 0.5) is 5.69 Å². The highest BCUT2D eigenvalue weighted by atomic mass is 32.2. The van der Waals surface area contributed by atoms with Crippen LogP contribution in [0.2, 0.25) is 0 Å². The molecule has 0 fully saturated rings. The van der Waals surface area contributed by atoms with E-state index in [0.717, 1.165) is 5.69 Å². The molecule has 3 N–H and O–H groups in total. The Balaban J connectivity index is 2.96. The first-order valence-corrected chi connectivity index (χ1v) is 5.97. The van der Waals surface area contributed by atoms with E-state index in [2.05, 4.69) is 4.98 Å². The molecule has 84 valence electrons. The summed E-state index contributed by atoms with van der Waals surface area (Å²) in [4.78, 5) is 3.97. The van der Waals surface area contributed by atoms with E-state index >= 15 is 0 Å². The average Bonchev–Trinajstić information content (AvgIpc) is 2.17. The summed E-state index contributed by atoms with van der Waals surface area (Å²) in [6, 6.07) is 5.93. The lowest BCUT2D eigenvalue weighted by Crippen LogP contribution is -2.01. The van der Waals surface area contributed by atoms with E-state index in [1.807, 2.05) is 0 Å². The topological polar surface area (TPSA) is 93.3 Å².